The standard InChI is InChI=1S/C16H14F3NO3/c1-22-13-6-2-11(3-7-13)15(21)20-12-4-8-14(9-5-12)23-10-16(17,18)19/h2-9H,10H2,1H3,(H,20,21). The Morgan fingerprint density at radius 2 is 1.57 bits per heavy atom. The Bertz CT molecular complexity index is 652. The van der Waals surface area contributed by atoms with Crippen LogP contribution >= 0.6 is 0 Å². The summed E-state index contributed by atoms with van der Waals surface area (Å²) >= 11 is 0. The summed E-state index contributed by atoms with van der Waals surface area (Å²) in [6, 6.07) is 12.2. The Morgan fingerprint density at radius 1 is 1.00 bits per heavy atom. The topological polar surface area (TPSA) is 47.6 Å². The van der Waals surface area contributed by atoms with Crippen molar-refractivity contribution in [3.05, 3.63) is 54.1 Å². The Kier molecular flexibility index (Phi) is 5.10. The molecule has 23 heavy (non-hydrogen) atoms. The molecule has 0 aliphatic carbocycles. The highest BCUT2D eigenvalue weighted by Crippen LogP contribution is 2.21. The van der Waals surface area contributed by atoms with Crippen LogP contribution in [0.15, 0.2) is 48.5 Å². The Labute approximate surface area is 130 Å². The second-order valence-electron chi connectivity index (χ2n) is 4.61. The van der Waals surface area contributed by atoms with E-state index in [0.29, 0.717) is 17.0 Å². The maximum absolute atomic E-state index is 12.0. The second-order valence-corrected chi connectivity index (χ2v) is 4.61. The molecule has 0 bridgehead atoms. The van der Waals surface area contributed by atoms with Gasteiger partial charge in [-0.05, 0) is 48.5 Å². The predicted molar refractivity (Wildman–Crippen MR) is 78.9 cm³/mol. The SMILES string of the molecule is COc1ccc(C(=O)Nc2ccc(OCC(F)(F)F)cc2)cc1. The van der Waals surface area contributed by atoms with Crippen molar-refractivity contribution >= 4 is 11.6 Å². The van der Waals surface area contributed by atoms with Crippen molar-refractivity contribution in [3.63, 3.8) is 0 Å². The van der Waals surface area contributed by atoms with Crippen LogP contribution in [0.1, 0.15) is 10.4 Å². The van der Waals surface area contributed by atoms with E-state index in [1.54, 1.807) is 24.3 Å². The average Bonchev–Trinajstić information content (AvgIpc) is 2.53. The fourth-order valence-electron chi connectivity index (χ4n) is 1.75. The summed E-state index contributed by atoms with van der Waals surface area (Å²) in [5.41, 5.74) is 0.883. The number of carbonyl (C=O) groups is 1. The van der Waals surface area contributed by atoms with E-state index in [2.05, 4.69) is 10.1 Å². The summed E-state index contributed by atoms with van der Waals surface area (Å²) in [6.07, 6.45) is -4.39. The lowest BCUT2D eigenvalue weighted by Gasteiger charge is -2.10. The summed E-state index contributed by atoms with van der Waals surface area (Å²) in [7, 11) is 1.53. The van der Waals surface area contributed by atoms with Gasteiger partial charge in [-0.1, -0.05) is 0 Å². The Hall–Kier alpha value is -2.70. The quantitative estimate of drug-likeness (QED) is 0.907. The van der Waals surface area contributed by atoms with Crippen LogP contribution in [0.25, 0.3) is 0 Å². The van der Waals surface area contributed by atoms with E-state index in [0.717, 1.165) is 0 Å². The first kappa shape index (κ1) is 16.7. The molecule has 0 aliphatic heterocycles. The van der Waals surface area contributed by atoms with Crippen molar-refractivity contribution in [3.8, 4) is 11.5 Å². The van der Waals surface area contributed by atoms with Crippen LogP contribution in [-0.2, 0) is 0 Å². The van der Waals surface area contributed by atoms with Crippen molar-refractivity contribution in [1.29, 1.82) is 0 Å². The molecular formula is C16H14F3NO3. The number of hydrogen-bond acceptors (Lipinski definition) is 3. The zero-order valence-corrected chi connectivity index (χ0v) is 12.2. The average molecular weight is 325 g/mol. The van der Waals surface area contributed by atoms with Crippen molar-refractivity contribution in [2.75, 3.05) is 19.0 Å². The van der Waals surface area contributed by atoms with Crippen molar-refractivity contribution in [2.24, 2.45) is 0 Å². The largest absolute Gasteiger partial charge is 0.497 e. The van der Waals surface area contributed by atoms with Crippen molar-refractivity contribution in [1.82, 2.24) is 0 Å². The number of alkyl halides is 3. The predicted octanol–water partition coefficient (Wildman–Crippen LogP) is 3.89. The first-order valence-electron chi connectivity index (χ1n) is 6.62. The van der Waals surface area contributed by atoms with Crippen LogP contribution in [0.4, 0.5) is 18.9 Å². The van der Waals surface area contributed by atoms with E-state index in [1.165, 1.54) is 31.4 Å². The minimum absolute atomic E-state index is 0.0739. The van der Waals surface area contributed by atoms with Crippen molar-refractivity contribution in [2.45, 2.75) is 6.18 Å². The molecule has 1 amide bonds. The van der Waals surface area contributed by atoms with E-state index < -0.39 is 12.8 Å². The molecule has 0 fully saturated rings. The molecule has 122 valence electrons. The van der Waals surface area contributed by atoms with E-state index in [-0.39, 0.29) is 11.7 Å². The third kappa shape index (κ3) is 5.21. The molecule has 0 radical (unpaired) electrons. The van der Waals surface area contributed by atoms with Crippen LogP contribution < -0.4 is 14.8 Å². The smallest absolute Gasteiger partial charge is 0.422 e. The molecule has 0 saturated heterocycles. The molecule has 2 aromatic rings. The van der Waals surface area contributed by atoms with Gasteiger partial charge in [-0.25, -0.2) is 0 Å². The minimum Gasteiger partial charge on any atom is -0.497 e. The molecule has 0 unspecified atom stereocenters. The number of nitrogens with one attached hydrogen (secondary N) is 1. The molecule has 0 aromatic heterocycles. The molecule has 4 nitrogen and oxygen atoms in total. The first-order chi connectivity index (χ1) is 10.9. The molecule has 0 spiro atoms. The zero-order valence-electron chi connectivity index (χ0n) is 12.2. The number of ether oxygens (including phenoxy) is 2. The van der Waals surface area contributed by atoms with E-state index in [1.807, 2.05) is 0 Å². The number of carbonyl (C=O) groups excluding carboxylic acids is 1. The van der Waals surface area contributed by atoms with Crippen LogP contribution in [0, 0.1) is 0 Å². The summed E-state index contributed by atoms with van der Waals surface area (Å²) in [6.45, 7) is -1.36. The van der Waals surface area contributed by atoms with Gasteiger partial charge in [0.05, 0.1) is 7.11 Å². The highest BCUT2D eigenvalue weighted by molar-refractivity contribution is 6.04. The highest BCUT2D eigenvalue weighted by atomic mass is 19.4. The van der Waals surface area contributed by atoms with Crippen LogP contribution in [0.2, 0.25) is 0 Å². The minimum atomic E-state index is -4.39. The molecule has 0 atom stereocenters. The van der Waals surface area contributed by atoms with Gasteiger partial charge < -0.3 is 14.8 Å². The van der Waals surface area contributed by atoms with Gasteiger partial charge in [0, 0.05) is 11.3 Å². The molecule has 0 aliphatic rings. The second kappa shape index (κ2) is 7.04. The van der Waals surface area contributed by atoms with Crippen molar-refractivity contribution < 1.29 is 27.4 Å². The number of anilines is 1. The van der Waals surface area contributed by atoms with Crippen LogP contribution in [-0.4, -0.2) is 25.8 Å². The highest BCUT2D eigenvalue weighted by Gasteiger charge is 2.28. The van der Waals surface area contributed by atoms with Gasteiger partial charge in [0.25, 0.3) is 5.91 Å². The van der Waals surface area contributed by atoms with E-state index in [4.69, 9.17) is 4.74 Å². The summed E-state index contributed by atoms with van der Waals surface area (Å²) in [5, 5.41) is 2.64. The van der Waals surface area contributed by atoms with E-state index >= 15 is 0 Å². The monoisotopic (exact) mass is 325 g/mol. The lowest BCUT2D eigenvalue weighted by atomic mass is 10.2. The number of methoxy groups -OCH3 is 1. The van der Waals surface area contributed by atoms with Gasteiger partial charge in [-0.15, -0.1) is 0 Å². The Balaban J connectivity index is 1.95. The maximum Gasteiger partial charge on any atom is 0.422 e. The number of amides is 1. The number of benzene rings is 2. The van der Waals surface area contributed by atoms with Crippen LogP contribution in [0.5, 0.6) is 11.5 Å². The normalized spacial score (nSPS) is 11.0. The lowest BCUT2D eigenvalue weighted by molar-refractivity contribution is -0.153. The Morgan fingerprint density at radius 3 is 2.09 bits per heavy atom. The summed E-state index contributed by atoms with van der Waals surface area (Å²) in [5.74, 6) is 0.370. The van der Waals surface area contributed by atoms with Gasteiger partial charge in [0.1, 0.15) is 11.5 Å². The molecule has 2 aromatic carbocycles. The van der Waals surface area contributed by atoms with Gasteiger partial charge in [0.2, 0.25) is 0 Å². The molecule has 0 heterocycles. The van der Waals surface area contributed by atoms with Gasteiger partial charge in [-0.2, -0.15) is 13.2 Å². The van der Waals surface area contributed by atoms with Gasteiger partial charge >= 0.3 is 6.18 Å². The number of hydrogen-bond donors (Lipinski definition) is 1. The zero-order chi connectivity index (χ0) is 16.9. The molecule has 2 rings (SSSR count). The fraction of sp³-hybridized carbons (Fsp3) is 0.188. The number of rotatable bonds is 5. The number of halogens is 3. The van der Waals surface area contributed by atoms with Gasteiger partial charge in [-0.3, -0.25) is 4.79 Å². The third-order valence-corrected chi connectivity index (χ3v) is 2.87. The lowest BCUT2D eigenvalue weighted by Crippen LogP contribution is -2.19. The molecule has 0 saturated carbocycles. The fourth-order valence-corrected chi connectivity index (χ4v) is 1.75. The summed E-state index contributed by atoms with van der Waals surface area (Å²) in [4.78, 5) is 12.0. The van der Waals surface area contributed by atoms with Crippen LogP contribution in [0.3, 0.4) is 0 Å². The molecule has 7 heteroatoms. The molecule has 1 N–H and O–H groups in total. The van der Waals surface area contributed by atoms with Gasteiger partial charge in [0.15, 0.2) is 6.61 Å². The summed E-state index contributed by atoms with van der Waals surface area (Å²) < 4.78 is 45.7. The van der Waals surface area contributed by atoms with E-state index in [9.17, 15) is 18.0 Å². The first-order valence-corrected chi connectivity index (χ1v) is 6.62. The molecular weight excluding hydrogens is 311 g/mol. The third-order valence-electron chi connectivity index (χ3n) is 2.87. The maximum atomic E-state index is 12.0.